The fourth-order valence-electron chi connectivity index (χ4n) is 4.85. The maximum absolute atomic E-state index is 14.8. The largest absolute Gasteiger partial charge is 0.478 e. The highest BCUT2D eigenvalue weighted by Gasteiger charge is 2.40. The standard InChI is InChI=1S/C30H34F2N4O3/c1-5-39-30-19(4)13-20(16-33-30)14-26(37)36-17-22(31)15-25(36)29(38)35-27(21-9-7-6-8-10-21)24-12-11-23(18(2)3)28(32)34-24/h6-13,16,18,22,25,27H,5,14-15,17H2,1-4H3,(H,35,38)/t22-,25+,27+/m1/s1. The molecule has 0 aliphatic carbocycles. The minimum absolute atomic E-state index is 0.0255. The van der Waals surface area contributed by atoms with Crippen LogP contribution in [0, 0.1) is 12.9 Å². The van der Waals surface area contributed by atoms with Gasteiger partial charge in [-0.05, 0) is 43.0 Å². The number of aromatic nitrogens is 2. The summed E-state index contributed by atoms with van der Waals surface area (Å²) in [6.45, 7) is 7.75. The zero-order valence-electron chi connectivity index (χ0n) is 22.7. The normalized spacial score (nSPS) is 17.8. The number of benzene rings is 1. The third kappa shape index (κ3) is 6.58. The zero-order chi connectivity index (χ0) is 28.1. The minimum Gasteiger partial charge on any atom is -0.478 e. The van der Waals surface area contributed by atoms with Crippen LogP contribution < -0.4 is 10.1 Å². The second kappa shape index (κ2) is 12.3. The Bertz CT molecular complexity index is 1320. The van der Waals surface area contributed by atoms with Gasteiger partial charge >= 0.3 is 0 Å². The van der Waals surface area contributed by atoms with E-state index in [0.29, 0.717) is 34.9 Å². The van der Waals surface area contributed by atoms with Crippen molar-refractivity contribution in [2.75, 3.05) is 13.2 Å². The van der Waals surface area contributed by atoms with Crippen molar-refractivity contribution >= 4 is 11.8 Å². The monoisotopic (exact) mass is 536 g/mol. The Morgan fingerprint density at radius 2 is 1.92 bits per heavy atom. The van der Waals surface area contributed by atoms with Crippen LogP contribution in [0.2, 0.25) is 0 Å². The van der Waals surface area contributed by atoms with Crippen LogP contribution in [0.5, 0.6) is 5.88 Å². The van der Waals surface area contributed by atoms with E-state index in [-0.39, 0.29) is 31.2 Å². The van der Waals surface area contributed by atoms with Crippen molar-refractivity contribution in [2.24, 2.45) is 0 Å². The Hall–Kier alpha value is -3.88. The van der Waals surface area contributed by atoms with Gasteiger partial charge in [-0.25, -0.2) is 14.4 Å². The second-order valence-corrected chi connectivity index (χ2v) is 10.1. The molecule has 1 aliphatic heterocycles. The molecule has 3 heterocycles. The average Bonchev–Trinajstić information content (AvgIpc) is 3.31. The molecule has 0 bridgehead atoms. The highest BCUT2D eigenvalue weighted by molar-refractivity contribution is 5.89. The molecule has 1 fully saturated rings. The van der Waals surface area contributed by atoms with Gasteiger partial charge in [0.2, 0.25) is 23.6 Å². The van der Waals surface area contributed by atoms with Crippen molar-refractivity contribution in [3.8, 4) is 5.88 Å². The van der Waals surface area contributed by atoms with Crippen LogP contribution in [0.3, 0.4) is 0 Å². The van der Waals surface area contributed by atoms with Gasteiger partial charge < -0.3 is 15.0 Å². The first-order chi connectivity index (χ1) is 18.7. The number of likely N-dealkylation sites (tertiary alicyclic amines) is 1. The van der Waals surface area contributed by atoms with E-state index >= 15 is 0 Å². The number of rotatable bonds is 9. The SMILES string of the molecule is CCOc1ncc(CC(=O)N2C[C@H](F)C[C@H]2C(=O)N[C@@H](c2ccccc2)c2ccc(C(C)C)c(F)n2)cc1C. The number of aryl methyl sites for hydroxylation is 1. The lowest BCUT2D eigenvalue weighted by molar-refractivity contribution is -0.138. The van der Waals surface area contributed by atoms with Crippen LogP contribution in [0.4, 0.5) is 8.78 Å². The van der Waals surface area contributed by atoms with Crippen molar-refractivity contribution in [1.82, 2.24) is 20.2 Å². The Labute approximate surface area is 227 Å². The summed E-state index contributed by atoms with van der Waals surface area (Å²) < 4.78 is 34.8. The topological polar surface area (TPSA) is 84.4 Å². The Morgan fingerprint density at radius 3 is 2.56 bits per heavy atom. The maximum atomic E-state index is 14.8. The van der Waals surface area contributed by atoms with Gasteiger partial charge in [-0.1, -0.05) is 50.2 Å². The first-order valence-electron chi connectivity index (χ1n) is 13.2. The molecule has 1 aromatic carbocycles. The van der Waals surface area contributed by atoms with Gasteiger partial charge in [0.15, 0.2) is 0 Å². The number of hydrogen-bond acceptors (Lipinski definition) is 5. The molecule has 1 aliphatic rings. The lowest BCUT2D eigenvalue weighted by atomic mass is 9.99. The molecule has 9 heteroatoms. The molecular weight excluding hydrogens is 502 g/mol. The first-order valence-corrected chi connectivity index (χ1v) is 13.2. The van der Waals surface area contributed by atoms with Gasteiger partial charge in [0.25, 0.3) is 0 Å². The van der Waals surface area contributed by atoms with Crippen molar-refractivity contribution in [2.45, 2.75) is 64.7 Å². The van der Waals surface area contributed by atoms with E-state index in [9.17, 15) is 18.4 Å². The number of amides is 2. The van der Waals surface area contributed by atoms with E-state index < -0.39 is 30.1 Å². The van der Waals surface area contributed by atoms with Crippen LogP contribution in [0.25, 0.3) is 0 Å². The average molecular weight is 537 g/mol. The zero-order valence-corrected chi connectivity index (χ0v) is 22.7. The number of nitrogens with zero attached hydrogens (tertiary/aromatic N) is 3. The highest BCUT2D eigenvalue weighted by Crippen LogP contribution is 2.27. The second-order valence-electron chi connectivity index (χ2n) is 10.1. The van der Waals surface area contributed by atoms with Gasteiger partial charge in [-0.3, -0.25) is 9.59 Å². The fourth-order valence-corrected chi connectivity index (χ4v) is 4.85. The number of carbonyl (C=O) groups is 2. The number of ether oxygens (including phenoxy) is 1. The summed E-state index contributed by atoms with van der Waals surface area (Å²) in [5, 5.41) is 2.91. The van der Waals surface area contributed by atoms with Crippen LogP contribution in [0.1, 0.15) is 67.1 Å². The van der Waals surface area contributed by atoms with Gasteiger partial charge in [0.1, 0.15) is 12.2 Å². The molecule has 206 valence electrons. The molecule has 0 saturated carbocycles. The lowest BCUT2D eigenvalue weighted by Gasteiger charge is -2.27. The van der Waals surface area contributed by atoms with E-state index in [0.717, 1.165) is 5.56 Å². The predicted molar refractivity (Wildman–Crippen MR) is 144 cm³/mol. The summed E-state index contributed by atoms with van der Waals surface area (Å²) in [5.41, 5.74) is 2.92. The van der Waals surface area contributed by atoms with Crippen molar-refractivity contribution in [3.63, 3.8) is 0 Å². The molecule has 3 aromatic rings. The lowest BCUT2D eigenvalue weighted by Crippen LogP contribution is -2.47. The highest BCUT2D eigenvalue weighted by atomic mass is 19.1. The molecule has 2 aromatic heterocycles. The van der Waals surface area contributed by atoms with Crippen LogP contribution in [0.15, 0.2) is 54.7 Å². The summed E-state index contributed by atoms with van der Waals surface area (Å²) >= 11 is 0. The molecule has 1 N–H and O–H groups in total. The summed E-state index contributed by atoms with van der Waals surface area (Å²) in [6.07, 6.45) is 0.0807. The number of pyridine rings is 2. The minimum atomic E-state index is -1.33. The van der Waals surface area contributed by atoms with Gasteiger partial charge in [-0.2, -0.15) is 4.39 Å². The molecule has 0 spiro atoms. The predicted octanol–water partition coefficient (Wildman–Crippen LogP) is 4.83. The number of hydrogen-bond donors (Lipinski definition) is 1. The van der Waals surface area contributed by atoms with E-state index in [1.54, 1.807) is 36.5 Å². The van der Waals surface area contributed by atoms with E-state index in [4.69, 9.17) is 4.74 Å². The van der Waals surface area contributed by atoms with Crippen molar-refractivity contribution in [3.05, 3.63) is 88.6 Å². The quantitative estimate of drug-likeness (QED) is 0.396. The Morgan fingerprint density at radius 1 is 1.18 bits per heavy atom. The first kappa shape index (κ1) is 28.1. The van der Waals surface area contributed by atoms with E-state index in [1.165, 1.54) is 4.90 Å². The third-order valence-corrected chi connectivity index (χ3v) is 6.83. The summed E-state index contributed by atoms with van der Waals surface area (Å²) in [6, 6.07) is 12.4. The fraction of sp³-hybridized carbons (Fsp3) is 0.400. The van der Waals surface area contributed by atoms with Crippen LogP contribution in [-0.4, -0.2) is 52.0 Å². The van der Waals surface area contributed by atoms with Crippen LogP contribution in [-0.2, 0) is 16.0 Å². The maximum Gasteiger partial charge on any atom is 0.243 e. The Kier molecular flexibility index (Phi) is 8.89. The molecule has 0 unspecified atom stereocenters. The molecular formula is C30H34F2N4O3. The summed E-state index contributed by atoms with van der Waals surface area (Å²) in [4.78, 5) is 36.4. The molecule has 1 saturated heterocycles. The molecule has 4 rings (SSSR count). The molecule has 7 nitrogen and oxygen atoms in total. The number of alkyl halides is 1. The summed E-state index contributed by atoms with van der Waals surface area (Å²) in [5.74, 6) is -1.05. The number of carbonyl (C=O) groups excluding carboxylic acids is 2. The van der Waals surface area contributed by atoms with E-state index in [1.807, 2.05) is 45.9 Å². The summed E-state index contributed by atoms with van der Waals surface area (Å²) in [7, 11) is 0. The van der Waals surface area contributed by atoms with E-state index in [2.05, 4.69) is 15.3 Å². The number of halogens is 2. The van der Waals surface area contributed by atoms with Crippen LogP contribution >= 0.6 is 0 Å². The number of nitrogens with one attached hydrogen (secondary N) is 1. The van der Waals surface area contributed by atoms with Crippen molar-refractivity contribution < 1.29 is 23.1 Å². The van der Waals surface area contributed by atoms with Crippen molar-refractivity contribution in [1.29, 1.82) is 0 Å². The molecule has 0 radical (unpaired) electrons. The smallest absolute Gasteiger partial charge is 0.243 e. The third-order valence-electron chi connectivity index (χ3n) is 6.83. The Balaban J connectivity index is 1.55. The van der Waals surface area contributed by atoms with Gasteiger partial charge in [-0.15, -0.1) is 0 Å². The van der Waals surface area contributed by atoms with Gasteiger partial charge in [0, 0.05) is 23.7 Å². The molecule has 39 heavy (non-hydrogen) atoms. The molecule has 2 amide bonds. The molecule has 3 atom stereocenters. The van der Waals surface area contributed by atoms with Gasteiger partial charge in [0.05, 0.1) is 31.3 Å².